The van der Waals surface area contributed by atoms with E-state index in [9.17, 15) is 10.1 Å². The maximum Gasteiger partial charge on any atom is 0.353 e. The largest absolute Gasteiger partial charge is 0.495 e. The number of anilines is 3. The Kier molecular flexibility index (Phi) is 5.68. The fourth-order valence-electron chi connectivity index (χ4n) is 2.46. The van der Waals surface area contributed by atoms with Crippen molar-refractivity contribution in [2.24, 2.45) is 0 Å². The van der Waals surface area contributed by atoms with Crippen molar-refractivity contribution in [3.63, 3.8) is 0 Å². The quantitative estimate of drug-likeness (QED) is 0.459. The second-order valence-corrected chi connectivity index (χ2v) is 5.92. The third-order valence-corrected chi connectivity index (χ3v) is 3.96. The van der Waals surface area contributed by atoms with Gasteiger partial charge in [0.25, 0.3) is 0 Å². The van der Waals surface area contributed by atoms with Crippen molar-refractivity contribution in [3.8, 4) is 5.75 Å². The van der Waals surface area contributed by atoms with Crippen LogP contribution in [-0.2, 0) is 6.54 Å². The van der Waals surface area contributed by atoms with Gasteiger partial charge in [0, 0.05) is 11.6 Å². The van der Waals surface area contributed by atoms with Gasteiger partial charge in [-0.2, -0.15) is 0 Å². The lowest BCUT2D eigenvalue weighted by molar-refractivity contribution is -0.383. The van der Waals surface area contributed by atoms with Crippen molar-refractivity contribution in [2.75, 3.05) is 17.7 Å². The van der Waals surface area contributed by atoms with Crippen LogP contribution in [0.4, 0.5) is 23.0 Å². The minimum atomic E-state index is -0.535. The topological polar surface area (TPSA) is 102 Å². The van der Waals surface area contributed by atoms with Gasteiger partial charge in [0.1, 0.15) is 12.1 Å². The Balaban J connectivity index is 1.92. The fourth-order valence-corrected chi connectivity index (χ4v) is 2.63. The summed E-state index contributed by atoms with van der Waals surface area (Å²) < 4.78 is 5.26. The number of hydrogen-bond donors (Lipinski definition) is 2. The van der Waals surface area contributed by atoms with E-state index in [1.807, 2.05) is 30.3 Å². The molecule has 0 aliphatic heterocycles. The zero-order chi connectivity index (χ0) is 19.2. The number of halogens is 1. The molecule has 3 rings (SSSR count). The van der Waals surface area contributed by atoms with Crippen molar-refractivity contribution in [1.29, 1.82) is 0 Å². The fraction of sp³-hybridized carbons (Fsp3) is 0.111. The Morgan fingerprint density at radius 3 is 2.59 bits per heavy atom. The first-order chi connectivity index (χ1) is 13.1. The van der Waals surface area contributed by atoms with Crippen LogP contribution < -0.4 is 15.4 Å². The Hall–Kier alpha value is -3.39. The molecule has 8 nitrogen and oxygen atoms in total. The summed E-state index contributed by atoms with van der Waals surface area (Å²) in [6, 6.07) is 14.4. The van der Waals surface area contributed by atoms with Gasteiger partial charge in [-0.3, -0.25) is 10.1 Å². The highest BCUT2D eigenvalue weighted by atomic mass is 35.5. The molecule has 138 valence electrons. The summed E-state index contributed by atoms with van der Waals surface area (Å²) in [6.07, 6.45) is 1.25. The van der Waals surface area contributed by atoms with Crippen LogP contribution in [0.5, 0.6) is 5.75 Å². The van der Waals surface area contributed by atoms with E-state index in [1.54, 1.807) is 18.2 Å². The summed E-state index contributed by atoms with van der Waals surface area (Å²) in [5, 5.41) is 18.0. The molecule has 2 N–H and O–H groups in total. The summed E-state index contributed by atoms with van der Waals surface area (Å²) in [6.45, 7) is 0.388. The van der Waals surface area contributed by atoms with E-state index >= 15 is 0 Å². The molecule has 1 heterocycles. The highest BCUT2D eigenvalue weighted by Crippen LogP contribution is 2.35. The minimum absolute atomic E-state index is 0.0335. The summed E-state index contributed by atoms with van der Waals surface area (Å²) in [7, 11) is 1.50. The molecule has 9 heteroatoms. The molecular formula is C18H16ClN5O3. The van der Waals surface area contributed by atoms with Crippen LogP contribution in [0.25, 0.3) is 0 Å². The van der Waals surface area contributed by atoms with Gasteiger partial charge in [0.2, 0.25) is 11.6 Å². The van der Waals surface area contributed by atoms with Gasteiger partial charge in [0.15, 0.2) is 0 Å². The number of hydrogen-bond acceptors (Lipinski definition) is 7. The van der Waals surface area contributed by atoms with E-state index in [2.05, 4.69) is 20.6 Å². The van der Waals surface area contributed by atoms with Gasteiger partial charge in [-0.1, -0.05) is 41.9 Å². The molecule has 3 aromatic rings. The second kappa shape index (κ2) is 8.33. The third-order valence-electron chi connectivity index (χ3n) is 3.72. The Morgan fingerprint density at radius 1 is 1.15 bits per heavy atom. The summed E-state index contributed by atoms with van der Waals surface area (Å²) in [4.78, 5) is 19.1. The predicted octanol–water partition coefficient (Wildman–Crippen LogP) is 4.40. The summed E-state index contributed by atoms with van der Waals surface area (Å²) in [5.41, 5.74) is 1.16. The van der Waals surface area contributed by atoms with E-state index in [0.717, 1.165) is 5.56 Å². The average molecular weight is 386 g/mol. The molecule has 0 radical (unpaired) electrons. The van der Waals surface area contributed by atoms with Crippen LogP contribution in [-0.4, -0.2) is 22.0 Å². The van der Waals surface area contributed by atoms with Gasteiger partial charge >= 0.3 is 5.69 Å². The Bertz CT molecular complexity index is 953. The minimum Gasteiger partial charge on any atom is -0.495 e. The van der Waals surface area contributed by atoms with Crippen LogP contribution in [0.15, 0.2) is 54.9 Å². The number of nitro groups is 1. The SMILES string of the molecule is COc1ccc(Cl)cc1Nc1ncnc(NCc2ccccc2)c1[N+](=O)[O-]. The van der Waals surface area contributed by atoms with Crippen LogP contribution in [0, 0.1) is 10.1 Å². The normalized spacial score (nSPS) is 10.3. The predicted molar refractivity (Wildman–Crippen MR) is 104 cm³/mol. The molecule has 0 aliphatic rings. The molecule has 0 saturated heterocycles. The maximum absolute atomic E-state index is 11.7. The van der Waals surface area contributed by atoms with Crippen LogP contribution in [0.2, 0.25) is 5.02 Å². The average Bonchev–Trinajstić information content (AvgIpc) is 2.67. The van der Waals surface area contributed by atoms with Crippen molar-refractivity contribution in [3.05, 3.63) is 75.6 Å². The monoisotopic (exact) mass is 385 g/mol. The molecule has 0 atom stereocenters. The first-order valence-corrected chi connectivity index (χ1v) is 8.34. The molecule has 0 aliphatic carbocycles. The molecule has 27 heavy (non-hydrogen) atoms. The van der Waals surface area contributed by atoms with Gasteiger partial charge in [-0.25, -0.2) is 9.97 Å². The maximum atomic E-state index is 11.7. The van der Waals surface area contributed by atoms with Crippen molar-refractivity contribution >= 4 is 34.6 Å². The molecule has 0 amide bonds. The van der Waals surface area contributed by atoms with E-state index in [1.165, 1.54) is 13.4 Å². The molecule has 0 saturated carbocycles. The standard InChI is InChI=1S/C18H16ClN5O3/c1-27-15-8-7-13(19)9-14(15)23-18-16(24(25)26)17(21-11-22-18)20-10-12-5-3-2-4-6-12/h2-9,11H,10H2,1H3,(H2,20,21,22,23). The summed E-state index contributed by atoms with van der Waals surface area (Å²) in [5.74, 6) is 0.625. The second-order valence-electron chi connectivity index (χ2n) is 5.49. The molecule has 0 fully saturated rings. The molecule has 0 spiro atoms. The van der Waals surface area contributed by atoms with Gasteiger partial charge in [-0.15, -0.1) is 0 Å². The number of nitrogens with one attached hydrogen (secondary N) is 2. The summed E-state index contributed by atoms with van der Waals surface area (Å²) >= 11 is 6.02. The van der Waals surface area contributed by atoms with Gasteiger partial charge in [-0.05, 0) is 23.8 Å². The zero-order valence-electron chi connectivity index (χ0n) is 14.3. The number of benzene rings is 2. The highest BCUT2D eigenvalue weighted by molar-refractivity contribution is 6.31. The number of rotatable bonds is 7. The third kappa shape index (κ3) is 4.42. The highest BCUT2D eigenvalue weighted by Gasteiger charge is 2.23. The lowest BCUT2D eigenvalue weighted by Gasteiger charge is -2.12. The van der Waals surface area contributed by atoms with Gasteiger partial charge < -0.3 is 15.4 Å². The van der Waals surface area contributed by atoms with Crippen molar-refractivity contribution in [1.82, 2.24) is 9.97 Å². The smallest absolute Gasteiger partial charge is 0.353 e. The van der Waals surface area contributed by atoms with Crippen LogP contribution in [0.3, 0.4) is 0 Å². The van der Waals surface area contributed by atoms with Gasteiger partial charge in [0.05, 0.1) is 17.7 Å². The first-order valence-electron chi connectivity index (χ1n) is 7.96. The number of methoxy groups -OCH3 is 1. The van der Waals surface area contributed by atoms with Crippen molar-refractivity contribution in [2.45, 2.75) is 6.54 Å². The molecule has 0 unspecified atom stereocenters. The molecular weight excluding hydrogens is 370 g/mol. The lowest BCUT2D eigenvalue weighted by Crippen LogP contribution is -2.08. The van der Waals surface area contributed by atoms with Crippen molar-refractivity contribution < 1.29 is 9.66 Å². The molecule has 2 aromatic carbocycles. The number of nitrogens with zero attached hydrogens (tertiary/aromatic N) is 3. The molecule has 0 bridgehead atoms. The zero-order valence-corrected chi connectivity index (χ0v) is 15.1. The number of aromatic nitrogens is 2. The van der Waals surface area contributed by atoms with E-state index in [-0.39, 0.29) is 17.3 Å². The van der Waals surface area contributed by atoms with E-state index < -0.39 is 4.92 Å². The van der Waals surface area contributed by atoms with Crippen LogP contribution in [0.1, 0.15) is 5.56 Å². The van der Waals surface area contributed by atoms with Crippen LogP contribution >= 0.6 is 11.6 Å². The van der Waals surface area contributed by atoms with E-state index in [4.69, 9.17) is 16.3 Å². The lowest BCUT2D eigenvalue weighted by atomic mass is 10.2. The Morgan fingerprint density at radius 2 is 1.89 bits per heavy atom. The first kappa shape index (κ1) is 18.4. The van der Waals surface area contributed by atoms with E-state index in [0.29, 0.717) is 23.0 Å². The molecule has 1 aromatic heterocycles. The number of ether oxygens (including phenoxy) is 1. The Labute approximate surface area is 160 Å².